The molecule has 1 aromatic carbocycles. The lowest BCUT2D eigenvalue weighted by Crippen LogP contribution is -2.48. The van der Waals surface area contributed by atoms with Crippen LogP contribution in [0, 0.1) is 5.41 Å². The van der Waals surface area contributed by atoms with Gasteiger partial charge in [0.1, 0.15) is 5.52 Å². The largest absolute Gasteiger partial charge is 0.432 e. The molecule has 0 aliphatic carbocycles. The number of allylic oxidation sites excluding steroid dienone is 1. The summed E-state index contributed by atoms with van der Waals surface area (Å²) in [7, 11) is 0. The van der Waals surface area contributed by atoms with E-state index in [1.54, 1.807) is 6.07 Å². The Labute approximate surface area is 188 Å². The summed E-state index contributed by atoms with van der Waals surface area (Å²) in [6.45, 7) is 15.3. The van der Waals surface area contributed by atoms with Crippen molar-refractivity contribution in [1.82, 2.24) is 14.7 Å². The monoisotopic (exact) mass is 443 g/mol. The van der Waals surface area contributed by atoms with Gasteiger partial charge in [-0.05, 0) is 43.9 Å². The zero-order valence-corrected chi connectivity index (χ0v) is 19.6. The number of hydrogen-bond donors (Lipinski definition) is 0. The van der Waals surface area contributed by atoms with Crippen LogP contribution in [0.5, 0.6) is 5.75 Å². The van der Waals surface area contributed by atoms with Crippen LogP contribution in [0.25, 0.3) is 16.6 Å². The van der Waals surface area contributed by atoms with E-state index in [2.05, 4.69) is 58.4 Å². The molecule has 7 heteroatoms. The van der Waals surface area contributed by atoms with E-state index in [4.69, 9.17) is 14.6 Å². The van der Waals surface area contributed by atoms with Crippen molar-refractivity contribution in [3.05, 3.63) is 53.9 Å². The lowest BCUT2D eigenvalue weighted by Gasteiger charge is -2.47. The number of nitrogens with zero attached hydrogens (tertiary/aromatic N) is 3. The Bertz CT molecular complexity index is 1120. The molecule has 0 fully saturated rings. The quantitative estimate of drug-likeness (QED) is 0.570. The van der Waals surface area contributed by atoms with E-state index in [0.29, 0.717) is 18.7 Å². The van der Waals surface area contributed by atoms with Crippen LogP contribution in [-0.4, -0.2) is 39.5 Å². The summed E-state index contributed by atoms with van der Waals surface area (Å²) in [5.74, 6) is 0.0854. The van der Waals surface area contributed by atoms with Crippen LogP contribution < -0.4 is 4.74 Å². The first-order valence-electron chi connectivity index (χ1n) is 10.9. The first-order valence-corrected chi connectivity index (χ1v) is 10.9. The molecule has 2 aliphatic heterocycles. The van der Waals surface area contributed by atoms with Gasteiger partial charge in [-0.15, -0.1) is 0 Å². The van der Waals surface area contributed by atoms with E-state index < -0.39 is 12.2 Å². The molecule has 3 heterocycles. The van der Waals surface area contributed by atoms with E-state index in [9.17, 15) is 8.78 Å². The van der Waals surface area contributed by atoms with Gasteiger partial charge in [0, 0.05) is 23.8 Å². The van der Waals surface area contributed by atoms with Crippen molar-refractivity contribution < 1.29 is 18.3 Å². The molecular formula is C25H31F2N3O2. The second-order valence-electron chi connectivity index (χ2n) is 9.89. The highest BCUT2D eigenvalue weighted by Crippen LogP contribution is 2.45. The van der Waals surface area contributed by atoms with Gasteiger partial charge in [0.15, 0.2) is 5.75 Å². The lowest BCUT2D eigenvalue weighted by molar-refractivity contribution is -0.0489. The molecular weight excluding hydrogens is 412 g/mol. The Morgan fingerprint density at radius 2 is 1.94 bits per heavy atom. The second-order valence-corrected chi connectivity index (χ2v) is 9.89. The highest BCUT2D eigenvalue weighted by Gasteiger charge is 2.41. The molecule has 0 saturated carbocycles. The summed E-state index contributed by atoms with van der Waals surface area (Å²) in [5.41, 5.74) is 3.59. The Kier molecular flexibility index (Phi) is 5.44. The van der Waals surface area contributed by atoms with E-state index in [1.807, 2.05) is 17.7 Å². The van der Waals surface area contributed by atoms with Crippen molar-refractivity contribution in [3.8, 4) is 5.75 Å². The second kappa shape index (κ2) is 7.73. The Morgan fingerprint density at radius 3 is 2.56 bits per heavy atom. The standard InChI is InChI=1S/C25H31F2N3O2/c1-8-31-25(6,7)17-13-29-18(12-15(17)2)22-16-10-9-11-19(32-23(26)27)21(16)28-30(22)14-20(29)24(3,4)5/h9-13,20,23H,2,8,14H2,1,3-7H3. The van der Waals surface area contributed by atoms with Crippen LogP contribution in [-0.2, 0) is 11.3 Å². The molecule has 0 N–H and O–H groups in total. The molecule has 1 aromatic heterocycles. The van der Waals surface area contributed by atoms with Gasteiger partial charge in [-0.25, -0.2) is 0 Å². The predicted octanol–water partition coefficient (Wildman–Crippen LogP) is 5.98. The molecule has 0 saturated heterocycles. The van der Waals surface area contributed by atoms with Gasteiger partial charge in [0.05, 0.1) is 29.6 Å². The molecule has 1 unspecified atom stereocenters. The summed E-state index contributed by atoms with van der Waals surface area (Å²) in [6, 6.07) is 5.24. The number of alkyl halides is 2. The van der Waals surface area contributed by atoms with Crippen LogP contribution in [0.3, 0.4) is 0 Å². The van der Waals surface area contributed by atoms with E-state index in [0.717, 1.165) is 27.9 Å². The highest BCUT2D eigenvalue weighted by molar-refractivity contribution is 5.95. The summed E-state index contributed by atoms with van der Waals surface area (Å²) in [6.07, 6.45) is 4.20. The van der Waals surface area contributed by atoms with Crippen molar-refractivity contribution >= 4 is 16.6 Å². The number of ether oxygens (including phenoxy) is 2. The van der Waals surface area contributed by atoms with Crippen LogP contribution in [0.2, 0.25) is 0 Å². The first-order chi connectivity index (χ1) is 14.9. The SMILES string of the molecule is C=C1C=C2c3c4cccc(OC(F)F)c4nn3CC(C(C)(C)C)N2C=C1C(C)(C)OCC. The fraction of sp³-hybridized carbons (Fsp3) is 0.480. The minimum Gasteiger partial charge on any atom is -0.432 e. The van der Waals surface area contributed by atoms with Gasteiger partial charge in [-0.2, -0.15) is 13.9 Å². The number of rotatable bonds is 5. The minimum atomic E-state index is -2.90. The van der Waals surface area contributed by atoms with Crippen molar-refractivity contribution in [2.75, 3.05) is 6.61 Å². The fourth-order valence-corrected chi connectivity index (χ4v) is 4.70. The third-order valence-electron chi connectivity index (χ3n) is 6.23. The average Bonchev–Trinajstić information content (AvgIpc) is 3.05. The Balaban J connectivity index is 1.91. The molecule has 5 nitrogen and oxygen atoms in total. The predicted molar refractivity (Wildman–Crippen MR) is 122 cm³/mol. The molecule has 172 valence electrons. The maximum Gasteiger partial charge on any atom is 0.387 e. The minimum absolute atomic E-state index is 0.0761. The zero-order chi connectivity index (χ0) is 23.4. The van der Waals surface area contributed by atoms with Gasteiger partial charge in [0.2, 0.25) is 0 Å². The van der Waals surface area contributed by atoms with Crippen LogP contribution in [0.15, 0.2) is 48.2 Å². The van der Waals surface area contributed by atoms with Crippen LogP contribution in [0.1, 0.15) is 47.2 Å². The smallest absolute Gasteiger partial charge is 0.387 e. The van der Waals surface area contributed by atoms with Crippen molar-refractivity contribution in [2.45, 2.75) is 66.3 Å². The highest BCUT2D eigenvalue weighted by atomic mass is 19.3. The van der Waals surface area contributed by atoms with Gasteiger partial charge >= 0.3 is 6.61 Å². The molecule has 0 amide bonds. The fourth-order valence-electron chi connectivity index (χ4n) is 4.70. The van der Waals surface area contributed by atoms with E-state index >= 15 is 0 Å². The third kappa shape index (κ3) is 3.72. The summed E-state index contributed by atoms with van der Waals surface area (Å²) in [4.78, 5) is 2.28. The lowest BCUT2D eigenvalue weighted by atomic mass is 9.81. The molecule has 0 bridgehead atoms. The van der Waals surface area contributed by atoms with Crippen LogP contribution in [0.4, 0.5) is 8.78 Å². The maximum atomic E-state index is 13.0. The van der Waals surface area contributed by atoms with Crippen molar-refractivity contribution in [1.29, 1.82) is 0 Å². The molecule has 2 aliphatic rings. The Morgan fingerprint density at radius 1 is 1.22 bits per heavy atom. The number of aromatic nitrogens is 2. The number of benzene rings is 1. The maximum absolute atomic E-state index is 13.0. The molecule has 0 spiro atoms. The normalized spacial score (nSPS) is 19.1. The molecule has 4 rings (SSSR count). The van der Waals surface area contributed by atoms with Crippen molar-refractivity contribution in [2.24, 2.45) is 5.41 Å². The van der Waals surface area contributed by atoms with Gasteiger partial charge < -0.3 is 14.4 Å². The van der Waals surface area contributed by atoms with E-state index in [1.165, 1.54) is 6.07 Å². The number of hydrogen-bond acceptors (Lipinski definition) is 4. The van der Waals surface area contributed by atoms with Crippen LogP contribution >= 0.6 is 0 Å². The first kappa shape index (κ1) is 22.5. The summed E-state index contributed by atoms with van der Waals surface area (Å²) >= 11 is 0. The third-order valence-corrected chi connectivity index (χ3v) is 6.23. The zero-order valence-electron chi connectivity index (χ0n) is 19.6. The van der Waals surface area contributed by atoms with Crippen molar-refractivity contribution in [3.63, 3.8) is 0 Å². The molecule has 0 radical (unpaired) electrons. The number of halogens is 2. The molecule has 1 atom stereocenters. The molecule has 32 heavy (non-hydrogen) atoms. The average molecular weight is 444 g/mol. The summed E-state index contributed by atoms with van der Waals surface area (Å²) in [5, 5.41) is 5.48. The van der Waals surface area contributed by atoms with Gasteiger partial charge in [0.25, 0.3) is 0 Å². The van der Waals surface area contributed by atoms with Gasteiger partial charge in [-0.3, -0.25) is 4.68 Å². The molecule has 2 aromatic rings. The summed E-state index contributed by atoms with van der Waals surface area (Å²) < 4.78 is 38.7. The Hall–Kier alpha value is -2.67. The number of fused-ring (bicyclic) bond motifs is 5. The topological polar surface area (TPSA) is 39.5 Å². The van der Waals surface area contributed by atoms with Gasteiger partial charge in [-0.1, -0.05) is 39.5 Å². The van der Waals surface area contributed by atoms with E-state index in [-0.39, 0.29) is 17.2 Å².